The fourth-order valence-corrected chi connectivity index (χ4v) is 8.66. The van der Waals surface area contributed by atoms with Gasteiger partial charge < -0.3 is 20.5 Å². The SMILES string of the molecule is CCN(C1CCC(C(=O)O)CC1)S(=O)(=O)c1cccc(C(=O)Nc2ccc(OCC3CC3)cc2C(=O)Nc2ccc(CCc3ccc(C(C)=O)cc3)cc2)c1. The Labute approximate surface area is 322 Å². The number of hydrogen-bond acceptors (Lipinski definition) is 7. The zero-order valence-corrected chi connectivity index (χ0v) is 31.9. The van der Waals surface area contributed by atoms with Gasteiger partial charge in [-0.2, -0.15) is 4.31 Å². The van der Waals surface area contributed by atoms with Crippen LogP contribution in [-0.2, 0) is 27.7 Å². The van der Waals surface area contributed by atoms with Crippen LogP contribution < -0.4 is 15.4 Å². The first-order valence-corrected chi connectivity index (χ1v) is 20.3. The zero-order valence-electron chi connectivity index (χ0n) is 31.1. The minimum Gasteiger partial charge on any atom is -0.493 e. The lowest BCUT2D eigenvalue weighted by atomic mass is 9.86. The molecule has 288 valence electrons. The summed E-state index contributed by atoms with van der Waals surface area (Å²) in [6, 6.07) is 25.5. The highest BCUT2D eigenvalue weighted by atomic mass is 32.2. The second-order valence-electron chi connectivity index (χ2n) is 14.4. The predicted octanol–water partition coefficient (Wildman–Crippen LogP) is 7.62. The maximum absolute atomic E-state index is 13.8. The first-order chi connectivity index (χ1) is 26.4. The molecule has 0 spiro atoms. The van der Waals surface area contributed by atoms with E-state index in [2.05, 4.69) is 10.6 Å². The second-order valence-corrected chi connectivity index (χ2v) is 16.3. The summed E-state index contributed by atoms with van der Waals surface area (Å²) in [5, 5.41) is 15.1. The Morgan fingerprint density at radius 2 is 1.42 bits per heavy atom. The summed E-state index contributed by atoms with van der Waals surface area (Å²) in [6.45, 7) is 4.03. The molecule has 11 nitrogen and oxygen atoms in total. The number of nitrogens with zero attached hydrogens (tertiary/aromatic N) is 1. The monoisotopic (exact) mass is 765 g/mol. The highest BCUT2D eigenvalue weighted by molar-refractivity contribution is 7.89. The fraction of sp³-hybridized carbons (Fsp3) is 0.349. The van der Waals surface area contributed by atoms with Crippen LogP contribution in [0.15, 0.2) is 95.9 Å². The van der Waals surface area contributed by atoms with Crippen LogP contribution in [-0.4, -0.2) is 60.6 Å². The summed E-state index contributed by atoms with van der Waals surface area (Å²) >= 11 is 0. The average molecular weight is 766 g/mol. The number of amides is 2. The molecule has 6 rings (SSSR count). The molecule has 2 amide bonds. The number of aliphatic carboxylic acids is 1. The number of rotatable bonds is 16. The van der Waals surface area contributed by atoms with Gasteiger partial charge in [-0.1, -0.05) is 49.4 Å². The molecule has 2 saturated carbocycles. The third kappa shape index (κ3) is 10.1. The van der Waals surface area contributed by atoms with Crippen LogP contribution in [0.5, 0.6) is 5.75 Å². The van der Waals surface area contributed by atoms with Gasteiger partial charge in [0.2, 0.25) is 10.0 Å². The van der Waals surface area contributed by atoms with Crippen molar-refractivity contribution in [3.8, 4) is 5.75 Å². The Morgan fingerprint density at radius 3 is 2.02 bits per heavy atom. The van der Waals surface area contributed by atoms with Gasteiger partial charge in [-0.3, -0.25) is 19.2 Å². The molecule has 4 aromatic rings. The molecule has 0 aliphatic heterocycles. The van der Waals surface area contributed by atoms with E-state index in [0.29, 0.717) is 55.2 Å². The van der Waals surface area contributed by atoms with Gasteiger partial charge >= 0.3 is 5.97 Å². The first-order valence-electron chi connectivity index (χ1n) is 18.8. The molecular weight excluding hydrogens is 719 g/mol. The van der Waals surface area contributed by atoms with Gasteiger partial charge in [0.15, 0.2) is 5.78 Å². The number of carboxylic acids is 1. The third-order valence-electron chi connectivity index (χ3n) is 10.4. The van der Waals surface area contributed by atoms with E-state index in [9.17, 15) is 32.7 Å². The maximum Gasteiger partial charge on any atom is 0.306 e. The fourth-order valence-electron chi connectivity index (χ4n) is 6.92. The molecule has 55 heavy (non-hydrogen) atoms. The van der Waals surface area contributed by atoms with Crippen LogP contribution in [0.2, 0.25) is 0 Å². The second kappa shape index (κ2) is 17.4. The van der Waals surface area contributed by atoms with Crippen LogP contribution in [0, 0.1) is 11.8 Å². The van der Waals surface area contributed by atoms with Crippen molar-refractivity contribution in [2.75, 3.05) is 23.8 Å². The number of nitrogens with one attached hydrogen (secondary N) is 2. The number of ether oxygens (including phenoxy) is 1. The van der Waals surface area contributed by atoms with Crippen molar-refractivity contribution < 1.29 is 37.4 Å². The molecule has 0 heterocycles. The number of benzene rings is 4. The van der Waals surface area contributed by atoms with Gasteiger partial charge in [-0.15, -0.1) is 0 Å². The lowest BCUT2D eigenvalue weighted by Crippen LogP contribution is -2.42. The number of hydrogen-bond donors (Lipinski definition) is 3. The summed E-state index contributed by atoms with van der Waals surface area (Å²) in [5.41, 5.74) is 3.95. The van der Waals surface area contributed by atoms with E-state index in [-0.39, 0.29) is 40.1 Å². The number of carbonyl (C=O) groups excluding carboxylic acids is 3. The maximum atomic E-state index is 13.8. The zero-order chi connectivity index (χ0) is 39.1. The summed E-state index contributed by atoms with van der Waals surface area (Å²) in [6.07, 6.45) is 5.46. The number of sulfonamides is 1. The molecular formula is C43H47N3O8S. The smallest absolute Gasteiger partial charge is 0.306 e. The highest BCUT2D eigenvalue weighted by Crippen LogP contribution is 2.33. The van der Waals surface area contributed by atoms with Gasteiger partial charge in [0.25, 0.3) is 11.8 Å². The standard InChI is InChI=1S/C43H47N3O8S/c1-3-46(36-21-17-33(18-22-36)43(50)51)55(52,53)38-6-4-5-34(25-38)41(48)45-40-24-23-37(54-27-31-9-10-31)26-39(40)42(49)44-35-19-13-30(14-20-35)8-7-29-11-15-32(16-12-29)28(2)47/h4-6,11-16,19-20,23-26,31,33,36H,3,7-10,17-18,21-22,27H2,1-2H3,(H,44,49)(H,45,48)(H,50,51). The number of Topliss-reactive ketones (excluding diaryl/α,β-unsaturated/α-hetero) is 1. The van der Waals surface area contributed by atoms with E-state index in [4.69, 9.17) is 4.74 Å². The van der Waals surface area contributed by atoms with Crippen LogP contribution in [0.1, 0.15) is 94.6 Å². The number of anilines is 2. The summed E-state index contributed by atoms with van der Waals surface area (Å²) < 4.78 is 35.0. The van der Waals surface area contributed by atoms with Crippen molar-refractivity contribution in [2.45, 2.75) is 76.2 Å². The largest absolute Gasteiger partial charge is 0.493 e. The molecule has 0 aromatic heterocycles. The molecule has 0 radical (unpaired) electrons. The number of carbonyl (C=O) groups is 4. The topological polar surface area (TPSA) is 159 Å². The van der Waals surface area contributed by atoms with Crippen molar-refractivity contribution in [1.29, 1.82) is 0 Å². The van der Waals surface area contributed by atoms with Crippen molar-refractivity contribution >= 4 is 45.0 Å². The lowest BCUT2D eigenvalue weighted by molar-refractivity contribution is -0.143. The van der Waals surface area contributed by atoms with Crippen molar-refractivity contribution in [2.24, 2.45) is 11.8 Å². The molecule has 2 fully saturated rings. The summed E-state index contributed by atoms with van der Waals surface area (Å²) in [4.78, 5) is 50.4. The normalized spacial score (nSPS) is 17.0. The molecule has 4 aromatic carbocycles. The van der Waals surface area contributed by atoms with Gasteiger partial charge in [0.05, 0.1) is 28.7 Å². The van der Waals surface area contributed by atoms with Crippen molar-refractivity contribution in [3.63, 3.8) is 0 Å². The lowest BCUT2D eigenvalue weighted by Gasteiger charge is -2.34. The van der Waals surface area contributed by atoms with Gasteiger partial charge in [-0.05, 0) is 124 Å². The minimum atomic E-state index is -4.00. The first kappa shape index (κ1) is 39.4. The Kier molecular flexibility index (Phi) is 12.5. The Balaban J connectivity index is 1.15. The van der Waals surface area contributed by atoms with E-state index < -0.39 is 33.7 Å². The average Bonchev–Trinajstić information content (AvgIpc) is 4.02. The number of ketones is 1. The van der Waals surface area contributed by atoms with E-state index in [1.165, 1.54) is 28.6 Å². The van der Waals surface area contributed by atoms with Gasteiger partial charge in [-0.25, -0.2) is 8.42 Å². The molecule has 0 atom stereocenters. The predicted molar refractivity (Wildman–Crippen MR) is 210 cm³/mol. The van der Waals surface area contributed by atoms with Gasteiger partial charge in [0.1, 0.15) is 5.75 Å². The number of aryl methyl sites for hydroxylation is 2. The molecule has 2 aliphatic rings. The number of carboxylic acid groups (broad SMARTS) is 1. The summed E-state index contributed by atoms with van der Waals surface area (Å²) in [5.74, 6) is -1.38. The molecule has 2 aliphatic carbocycles. The van der Waals surface area contributed by atoms with Crippen molar-refractivity contribution in [3.05, 3.63) is 119 Å². The van der Waals surface area contributed by atoms with E-state index >= 15 is 0 Å². The van der Waals surface area contributed by atoms with Crippen molar-refractivity contribution in [1.82, 2.24) is 4.31 Å². The van der Waals surface area contributed by atoms with E-state index in [1.54, 1.807) is 32.0 Å². The van der Waals surface area contributed by atoms with Gasteiger partial charge in [0, 0.05) is 29.4 Å². The molecule has 0 bridgehead atoms. The molecule has 12 heteroatoms. The Hall–Kier alpha value is -5.33. The van der Waals surface area contributed by atoms with Crippen LogP contribution >= 0.6 is 0 Å². The van der Waals surface area contributed by atoms with E-state index in [1.807, 2.05) is 48.5 Å². The molecule has 3 N–H and O–H groups in total. The van der Waals surface area contributed by atoms with Crippen LogP contribution in [0.4, 0.5) is 11.4 Å². The molecule has 0 saturated heterocycles. The summed E-state index contributed by atoms with van der Waals surface area (Å²) in [7, 11) is -4.00. The van der Waals surface area contributed by atoms with Crippen LogP contribution in [0.25, 0.3) is 0 Å². The minimum absolute atomic E-state index is 0.0318. The third-order valence-corrected chi connectivity index (χ3v) is 12.4. The Bertz CT molecular complexity index is 2140. The Morgan fingerprint density at radius 1 is 0.764 bits per heavy atom. The quantitative estimate of drug-likeness (QED) is 0.0983. The van der Waals surface area contributed by atoms with Crippen LogP contribution in [0.3, 0.4) is 0 Å². The van der Waals surface area contributed by atoms with E-state index in [0.717, 1.165) is 36.8 Å². The highest BCUT2D eigenvalue weighted by Gasteiger charge is 2.35. The molecule has 0 unspecified atom stereocenters.